The van der Waals surface area contributed by atoms with Crippen LogP contribution in [0.2, 0.25) is 0 Å². The van der Waals surface area contributed by atoms with Crippen LogP contribution in [-0.4, -0.2) is 27.5 Å². The molecule has 0 aliphatic carbocycles. The molecule has 0 fully saturated rings. The van der Waals surface area contributed by atoms with Crippen molar-refractivity contribution >= 4 is 17.5 Å². The van der Waals surface area contributed by atoms with E-state index >= 15 is 0 Å². The van der Waals surface area contributed by atoms with Crippen molar-refractivity contribution in [1.82, 2.24) is 15.3 Å². The van der Waals surface area contributed by atoms with Crippen molar-refractivity contribution in [3.63, 3.8) is 0 Å². The summed E-state index contributed by atoms with van der Waals surface area (Å²) in [5.41, 5.74) is 1.94. The van der Waals surface area contributed by atoms with Crippen LogP contribution >= 0.6 is 0 Å². The number of halogens is 1. The molecule has 0 spiro atoms. The molecular weight excluding hydrogens is 323 g/mol. The topological polar surface area (TPSA) is 74.7 Å². The quantitative estimate of drug-likeness (QED) is 0.905. The molecule has 6 nitrogen and oxygen atoms in total. The third-order valence-electron chi connectivity index (χ3n) is 3.79. The lowest BCUT2D eigenvalue weighted by atomic mass is 10.1. The first-order valence-electron chi connectivity index (χ1n) is 7.91. The Bertz CT molecular complexity index is 790. The van der Waals surface area contributed by atoms with Gasteiger partial charge in [-0.25, -0.2) is 9.40 Å². The standard InChI is InChI=1S/C18H17FN4O2/c19-15-5-3-13(4-6-15)12-23-17(24)8-7-16(22-23)18(25)21-11-14-2-1-9-20-10-14/h1-6,9-10H,7-8,11-12H2,(H,21,25). The number of hydrazone groups is 1. The van der Waals surface area contributed by atoms with Crippen LogP contribution in [-0.2, 0) is 22.7 Å². The fraction of sp³-hybridized carbons (Fsp3) is 0.222. The third-order valence-corrected chi connectivity index (χ3v) is 3.79. The van der Waals surface area contributed by atoms with Crippen LogP contribution in [0.15, 0.2) is 53.9 Å². The smallest absolute Gasteiger partial charge is 0.267 e. The zero-order valence-corrected chi connectivity index (χ0v) is 13.5. The summed E-state index contributed by atoms with van der Waals surface area (Å²) in [6.45, 7) is 0.552. The SMILES string of the molecule is O=C(NCc1cccnc1)C1=NN(Cc2ccc(F)cc2)C(=O)CC1. The van der Waals surface area contributed by atoms with Crippen LogP contribution in [0.25, 0.3) is 0 Å². The number of pyridine rings is 1. The van der Waals surface area contributed by atoms with Gasteiger partial charge in [0.15, 0.2) is 0 Å². The summed E-state index contributed by atoms with van der Waals surface area (Å²) in [5, 5.41) is 8.21. The first-order chi connectivity index (χ1) is 12.1. The van der Waals surface area contributed by atoms with E-state index in [0.29, 0.717) is 18.7 Å². The molecule has 1 aromatic heterocycles. The second-order valence-electron chi connectivity index (χ2n) is 5.67. The molecule has 7 heteroatoms. The zero-order valence-electron chi connectivity index (χ0n) is 13.5. The van der Waals surface area contributed by atoms with Gasteiger partial charge >= 0.3 is 0 Å². The van der Waals surface area contributed by atoms with Crippen molar-refractivity contribution in [3.05, 3.63) is 65.7 Å². The number of amides is 2. The second kappa shape index (κ2) is 7.65. The van der Waals surface area contributed by atoms with Crippen molar-refractivity contribution in [2.45, 2.75) is 25.9 Å². The molecule has 0 atom stereocenters. The zero-order chi connectivity index (χ0) is 17.6. The van der Waals surface area contributed by atoms with Crippen molar-refractivity contribution < 1.29 is 14.0 Å². The molecule has 2 aromatic rings. The summed E-state index contributed by atoms with van der Waals surface area (Å²) >= 11 is 0. The number of benzene rings is 1. The highest BCUT2D eigenvalue weighted by Crippen LogP contribution is 2.14. The van der Waals surface area contributed by atoms with Gasteiger partial charge in [-0.2, -0.15) is 5.10 Å². The molecule has 2 heterocycles. The van der Waals surface area contributed by atoms with Gasteiger partial charge in [-0.1, -0.05) is 18.2 Å². The number of carbonyl (C=O) groups excluding carboxylic acids is 2. The lowest BCUT2D eigenvalue weighted by Gasteiger charge is -2.23. The Balaban J connectivity index is 1.65. The van der Waals surface area contributed by atoms with E-state index in [2.05, 4.69) is 15.4 Å². The summed E-state index contributed by atoms with van der Waals surface area (Å²) in [6, 6.07) is 9.50. The van der Waals surface area contributed by atoms with Gasteiger partial charge < -0.3 is 5.32 Å². The Labute approximate surface area is 144 Å². The first-order valence-corrected chi connectivity index (χ1v) is 7.91. The Morgan fingerprint density at radius 3 is 2.68 bits per heavy atom. The molecule has 2 amide bonds. The van der Waals surface area contributed by atoms with Gasteiger partial charge in [0.05, 0.1) is 6.54 Å². The summed E-state index contributed by atoms with van der Waals surface area (Å²) in [4.78, 5) is 28.3. The van der Waals surface area contributed by atoms with Gasteiger partial charge in [-0.15, -0.1) is 0 Å². The molecule has 3 rings (SSSR count). The second-order valence-corrected chi connectivity index (χ2v) is 5.67. The monoisotopic (exact) mass is 340 g/mol. The molecule has 1 aliphatic rings. The molecule has 0 saturated heterocycles. The van der Waals surface area contributed by atoms with Gasteiger partial charge in [0.25, 0.3) is 5.91 Å². The Hall–Kier alpha value is -3.09. The Morgan fingerprint density at radius 2 is 1.96 bits per heavy atom. The van der Waals surface area contributed by atoms with Crippen LogP contribution in [0.1, 0.15) is 24.0 Å². The lowest BCUT2D eigenvalue weighted by molar-refractivity contribution is -0.132. The third kappa shape index (κ3) is 4.47. The van der Waals surface area contributed by atoms with Crippen molar-refractivity contribution in [2.75, 3.05) is 0 Å². The molecule has 0 saturated carbocycles. The van der Waals surface area contributed by atoms with Crippen molar-refractivity contribution in [2.24, 2.45) is 5.10 Å². The van der Waals surface area contributed by atoms with E-state index in [1.54, 1.807) is 30.6 Å². The summed E-state index contributed by atoms with van der Waals surface area (Å²) in [5.74, 6) is -0.804. The molecule has 1 aromatic carbocycles. The van der Waals surface area contributed by atoms with Crippen molar-refractivity contribution in [3.8, 4) is 0 Å². The van der Waals surface area contributed by atoms with E-state index < -0.39 is 0 Å². The highest BCUT2D eigenvalue weighted by molar-refractivity contribution is 6.39. The number of carbonyl (C=O) groups is 2. The predicted molar refractivity (Wildman–Crippen MR) is 89.7 cm³/mol. The average Bonchev–Trinajstić information content (AvgIpc) is 2.64. The van der Waals surface area contributed by atoms with E-state index in [4.69, 9.17) is 0 Å². The Morgan fingerprint density at radius 1 is 1.16 bits per heavy atom. The van der Waals surface area contributed by atoms with E-state index in [1.165, 1.54) is 17.1 Å². The average molecular weight is 340 g/mol. The number of rotatable bonds is 5. The van der Waals surface area contributed by atoms with Gasteiger partial charge in [0.1, 0.15) is 11.5 Å². The number of nitrogens with zero attached hydrogens (tertiary/aromatic N) is 3. The van der Waals surface area contributed by atoms with Crippen LogP contribution < -0.4 is 5.32 Å². The van der Waals surface area contributed by atoms with Crippen LogP contribution in [0, 0.1) is 5.82 Å². The molecule has 1 N–H and O–H groups in total. The maximum atomic E-state index is 13.0. The minimum atomic E-state index is -0.340. The molecule has 128 valence electrons. The number of hydrogen-bond acceptors (Lipinski definition) is 4. The predicted octanol–water partition coefficient (Wildman–Crippen LogP) is 2.02. The molecule has 0 radical (unpaired) electrons. The molecule has 0 bridgehead atoms. The van der Waals surface area contributed by atoms with E-state index in [-0.39, 0.29) is 30.6 Å². The minimum Gasteiger partial charge on any atom is -0.347 e. The van der Waals surface area contributed by atoms with Gasteiger partial charge in [0.2, 0.25) is 5.91 Å². The lowest BCUT2D eigenvalue weighted by Crippen LogP contribution is -2.38. The van der Waals surface area contributed by atoms with Gasteiger partial charge in [0, 0.05) is 31.8 Å². The number of aromatic nitrogens is 1. The first kappa shape index (κ1) is 16.8. The fourth-order valence-electron chi connectivity index (χ4n) is 2.44. The normalized spacial score (nSPS) is 14.2. The minimum absolute atomic E-state index is 0.159. The van der Waals surface area contributed by atoms with Gasteiger partial charge in [-0.3, -0.25) is 14.6 Å². The van der Waals surface area contributed by atoms with Crippen LogP contribution in [0.5, 0.6) is 0 Å². The summed E-state index contributed by atoms with van der Waals surface area (Å²) in [6.07, 6.45) is 3.86. The van der Waals surface area contributed by atoms with E-state index in [1.807, 2.05) is 6.07 Å². The maximum absolute atomic E-state index is 13.0. The Kier molecular flexibility index (Phi) is 5.13. The summed E-state index contributed by atoms with van der Waals surface area (Å²) in [7, 11) is 0. The van der Waals surface area contributed by atoms with Crippen molar-refractivity contribution in [1.29, 1.82) is 0 Å². The molecule has 25 heavy (non-hydrogen) atoms. The highest BCUT2D eigenvalue weighted by Gasteiger charge is 2.24. The largest absolute Gasteiger partial charge is 0.347 e. The van der Waals surface area contributed by atoms with Crippen LogP contribution in [0.3, 0.4) is 0 Å². The number of nitrogens with one attached hydrogen (secondary N) is 1. The van der Waals surface area contributed by atoms with Crippen LogP contribution in [0.4, 0.5) is 4.39 Å². The number of hydrogen-bond donors (Lipinski definition) is 1. The molecule has 0 unspecified atom stereocenters. The van der Waals surface area contributed by atoms with Gasteiger partial charge in [-0.05, 0) is 29.3 Å². The maximum Gasteiger partial charge on any atom is 0.267 e. The van der Waals surface area contributed by atoms with E-state index in [0.717, 1.165) is 11.1 Å². The molecule has 1 aliphatic heterocycles. The fourth-order valence-corrected chi connectivity index (χ4v) is 2.44. The molecular formula is C18H17FN4O2. The van der Waals surface area contributed by atoms with E-state index in [9.17, 15) is 14.0 Å². The summed E-state index contributed by atoms with van der Waals surface area (Å²) < 4.78 is 13.0. The highest BCUT2D eigenvalue weighted by atomic mass is 19.1.